The number of hydrogen-bond acceptors (Lipinski definition) is 4. The first-order valence-electron chi connectivity index (χ1n) is 8.38. The van der Waals surface area contributed by atoms with Crippen LogP contribution < -0.4 is 15.4 Å². The zero-order valence-electron chi connectivity index (χ0n) is 14.6. The molecule has 0 bridgehead atoms. The molecule has 0 radical (unpaired) electrons. The number of anilines is 2. The summed E-state index contributed by atoms with van der Waals surface area (Å²) in [6, 6.07) is 11.1. The van der Waals surface area contributed by atoms with E-state index in [1.54, 1.807) is 30.5 Å². The summed E-state index contributed by atoms with van der Waals surface area (Å²) in [7, 11) is -1.63. The molecule has 0 aliphatic carbocycles. The summed E-state index contributed by atoms with van der Waals surface area (Å²) in [6.07, 6.45) is 1.14. The van der Waals surface area contributed by atoms with E-state index in [2.05, 4.69) is 20.3 Å². The maximum atomic E-state index is 13.3. The number of hydrogen-bond donors (Lipinski definition) is 3. The van der Waals surface area contributed by atoms with E-state index in [0.717, 1.165) is 0 Å². The van der Waals surface area contributed by atoms with E-state index in [4.69, 9.17) is 0 Å². The average Bonchev–Trinajstić information content (AvgIpc) is 2.72. The highest BCUT2D eigenvalue weighted by Crippen LogP contribution is 2.29. The second-order valence-corrected chi connectivity index (χ2v) is 7.35. The van der Waals surface area contributed by atoms with Crippen molar-refractivity contribution in [1.29, 1.82) is 0 Å². The van der Waals surface area contributed by atoms with Gasteiger partial charge in [0.25, 0.3) is 5.91 Å². The summed E-state index contributed by atoms with van der Waals surface area (Å²) in [5, 5.41) is 5.43. The molecule has 2 heterocycles. The molecule has 1 aliphatic heterocycles. The van der Waals surface area contributed by atoms with Crippen LogP contribution in [0.1, 0.15) is 22.2 Å². The van der Waals surface area contributed by atoms with Crippen LogP contribution in [-0.4, -0.2) is 15.1 Å². The lowest BCUT2D eigenvalue weighted by atomic mass is 10.1. The van der Waals surface area contributed by atoms with Crippen molar-refractivity contribution in [3.63, 3.8) is 0 Å². The molecule has 10 heteroatoms. The van der Waals surface area contributed by atoms with E-state index in [1.165, 1.54) is 12.1 Å². The molecule has 2 unspecified atom stereocenters. The SMILES string of the molecule is O=C(Nc1cc(F)c(F)c(F)c1)c1ccc2c(c1)S(=O)NC(c1ccccn1)N2. The lowest BCUT2D eigenvalue weighted by Gasteiger charge is -2.27. The number of nitrogens with zero attached hydrogens (tertiary/aromatic N) is 1. The molecule has 4 rings (SSSR count). The molecule has 3 aromatic rings. The zero-order valence-corrected chi connectivity index (χ0v) is 15.4. The molecule has 3 N–H and O–H groups in total. The number of carbonyl (C=O) groups is 1. The van der Waals surface area contributed by atoms with Crippen LogP contribution in [0.2, 0.25) is 0 Å². The number of carbonyl (C=O) groups excluding carboxylic acids is 1. The highest BCUT2D eigenvalue weighted by Gasteiger charge is 2.26. The number of aromatic nitrogens is 1. The third kappa shape index (κ3) is 3.84. The van der Waals surface area contributed by atoms with E-state index in [0.29, 0.717) is 28.4 Å². The third-order valence-electron chi connectivity index (χ3n) is 4.19. The van der Waals surface area contributed by atoms with Crippen LogP contribution in [0, 0.1) is 17.5 Å². The molecule has 2 atom stereocenters. The standard InChI is InChI=1S/C19H13F3N4O2S/c20-12-8-11(9-13(21)17(12)22)24-19(27)10-4-5-14-16(7-10)29(28)26-18(25-14)15-3-1-2-6-23-15/h1-9,18,25-26H,(H,24,27). The second kappa shape index (κ2) is 7.64. The number of nitrogens with one attached hydrogen (secondary N) is 3. The van der Waals surface area contributed by atoms with Gasteiger partial charge in [0.1, 0.15) is 17.2 Å². The Morgan fingerprint density at radius 2 is 1.83 bits per heavy atom. The summed E-state index contributed by atoms with van der Waals surface area (Å²) in [4.78, 5) is 16.9. The van der Waals surface area contributed by atoms with Gasteiger partial charge in [-0.1, -0.05) is 6.07 Å². The van der Waals surface area contributed by atoms with Crippen LogP contribution in [0.5, 0.6) is 0 Å². The van der Waals surface area contributed by atoms with Gasteiger partial charge in [-0.05, 0) is 30.3 Å². The zero-order chi connectivity index (χ0) is 20.5. The number of benzene rings is 2. The summed E-state index contributed by atoms with van der Waals surface area (Å²) < 4.78 is 55.1. The van der Waals surface area contributed by atoms with Gasteiger partial charge in [0.2, 0.25) is 0 Å². The van der Waals surface area contributed by atoms with Crippen LogP contribution in [-0.2, 0) is 11.0 Å². The predicted octanol–water partition coefficient (Wildman–Crippen LogP) is 3.49. The van der Waals surface area contributed by atoms with Gasteiger partial charge < -0.3 is 10.6 Å². The highest BCUT2D eigenvalue weighted by atomic mass is 32.2. The Kier molecular flexibility index (Phi) is 5.03. The van der Waals surface area contributed by atoms with Crippen LogP contribution in [0.15, 0.2) is 59.6 Å². The van der Waals surface area contributed by atoms with Crippen molar-refractivity contribution < 1.29 is 22.2 Å². The first-order valence-corrected chi connectivity index (χ1v) is 9.53. The van der Waals surface area contributed by atoms with Gasteiger partial charge in [0, 0.05) is 29.6 Å². The second-order valence-electron chi connectivity index (χ2n) is 6.14. The molecule has 29 heavy (non-hydrogen) atoms. The van der Waals surface area contributed by atoms with Crippen LogP contribution in [0.3, 0.4) is 0 Å². The molecule has 2 aromatic carbocycles. The largest absolute Gasteiger partial charge is 0.363 e. The normalized spacial score (nSPS) is 17.9. The fourth-order valence-corrected chi connectivity index (χ4v) is 3.89. The van der Waals surface area contributed by atoms with Gasteiger partial charge in [-0.25, -0.2) is 22.1 Å². The van der Waals surface area contributed by atoms with Gasteiger partial charge in [-0.15, -0.1) is 0 Å². The molecule has 0 saturated heterocycles. The maximum Gasteiger partial charge on any atom is 0.255 e. The maximum absolute atomic E-state index is 13.3. The van der Waals surface area contributed by atoms with E-state index < -0.39 is 40.5 Å². The number of fused-ring (bicyclic) bond motifs is 1. The quantitative estimate of drug-likeness (QED) is 0.569. The van der Waals surface area contributed by atoms with Gasteiger partial charge in [-0.3, -0.25) is 9.78 Å². The summed E-state index contributed by atoms with van der Waals surface area (Å²) in [6.45, 7) is 0. The van der Waals surface area contributed by atoms with E-state index >= 15 is 0 Å². The molecule has 1 amide bonds. The van der Waals surface area contributed by atoms with E-state index in [9.17, 15) is 22.2 Å². The predicted molar refractivity (Wildman–Crippen MR) is 101 cm³/mol. The van der Waals surface area contributed by atoms with Crippen molar-refractivity contribution >= 4 is 28.3 Å². The minimum atomic E-state index is -1.63. The fourth-order valence-electron chi connectivity index (χ4n) is 2.80. The number of halogens is 3. The molecular weight excluding hydrogens is 405 g/mol. The smallest absolute Gasteiger partial charge is 0.255 e. The van der Waals surface area contributed by atoms with Crippen LogP contribution >= 0.6 is 0 Å². The number of amides is 1. The van der Waals surface area contributed by atoms with Crippen LogP contribution in [0.25, 0.3) is 0 Å². The topological polar surface area (TPSA) is 83.1 Å². The fraction of sp³-hybridized carbons (Fsp3) is 0.0526. The van der Waals surface area contributed by atoms with Crippen molar-refractivity contribution in [2.45, 2.75) is 11.1 Å². The Bertz CT molecular complexity index is 1100. The molecular formula is C19H13F3N4O2S. The molecule has 1 aromatic heterocycles. The Balaban J connectivity index is 1.56. The third-order valence-corrected chi connectivity index (χ3v) is 5.38. The molecule has 1 aliphatic rings. The first-order chi connectivity index (χ1) is 13.9. The minimum absolute atomic E-state index is 0.113. The highest BCUT2D eigenvalue weighted by molar-refractivity contribution is 7.83. The molecule has 0 spiro atoms. The van der Waals surface area contributed by atoms with Crippen LogP contribution in [0.4, 0.5) is 24.5 Å². The van der Waals surface area contributed by atoms with Crippen molar-refractivity contribution in [3.8, 4) is 0 Å². The Hall–Kier alpha value is -3.24. The van der Waals surface area contributed by atoms with E-state index in [1.807, 2.05) is 0 Å². The van der Waals surface area contributed by atoms with Gasteiger partial charge >= 0.3 is 0 Å². The van der Waals surface area contributed by atoms with Crippen molar-refractivity contribution in [2.24, 2.45) is 0 Å². The summed E-state index contributed by atoms with van der Waals surface area (Å²) in [5.74, 6) is -5.14. The molecule has 0 saturated carbocycles. The molecule has 6 nitrogen and oxygen atoms in total. The van der Waals surface area contributed by atoms with Crippen molar-refractivity contribution in [3.05, 3.63) is 83.4 Å². The van der Waals surface area contributed by atoms with Crippen molar-refractivity contribution in [1.82, 2.24) is 9.71 Å². The molecule has 0 fully saturated rings. The Labute approximate surface area is 165 Å². The number of rotatable bonds is 3. The van der Waals surface area contributed by atoms with Crippen molar-refractivity contribution in [2.75, 3.05) is 10.6 Å². The van der Waals surface area contributed by atoms with Gasteiger partial charge in [-0.2, -0.15) is 0 Å². The van der Waals surface area contributed by atoms with Gasteiger partial charge in [0.15, 0.2) is 17.5 Å². The minimum Gasteiger partial charge on any atom is -0.363 e. The first kappa shape index (κ1) is 19.1. The Morgan fingerprint density at radius 1 is 1.07 bits per heavy atom. The lowest BCUT2D eigenvalue weighted by molar-refractivity contribution is 0.102. The monoisotopic (exact) mass is 418 g/mol. The lowest BCUT2D eigenvalue weighted by Crippen LogP contribution is -2.35. The van der Waals surface area contributed by atoms with Gasteiger partial charge in [0.05, 0.1) is 16.3 Å². The Morgan fingerprint density at radius 3 is 2.52 bits per heavy atom. The van der Waals surface area contributed by atoms with E-state index in [-0.39, 0.29) is 11.3 Å². The average molecular weight is 418 g/mol. The molecule has 148 valence electrons. The summed E-state index contributed by atoms with van der Waals surface area (Å²) in [5.41, 5.74) is 1.07. The summed E-state index contributed by atoms with van der Waals surface area (Å²) >= 11 is 0. The number of pyridine rings is 1.